The number of carboxylic acids is 2. The fourth-order valence-electron chi connectivity index (χ4n) is 7.75. The molecule has 29 nitrogen and oxygen atoms in total. The molecule has 0 bridgehead atoms. The van der Waals surface area contributed by atoms with Crippen LogP contribution < -0.4 is 70.8 Å². The Balaban J connectivity index is 3.52. The molecule has 1 aromatic rings. The van der Waals surface area contributed by atoms with Crippen molar-refractivity contribution in [2.24, 2.45) is 40.7 Å². The Labute approximate surface area is 475 Å². The number of amides is 11. The lowest BCUT2D eigenvalue weighted by Crippen LogP contribution is -2.61. The zero-order valence-electron chi connectivity index (χ0n) is 46.5. The Morgan fingerprint density at radius 1 is 0.531 bits per heavy atom. The van der Waals surface area contributed by atoms with Crippen LogP contribution in [0.1, 0.15) is 111 Å². The van der Waals surface area contributed by atoms with Crippen molar-refractivity contribution in [1.82, 2.24) is 47.9 Å². The van der Waals surface area contributed by atoms with E-state index >= 15 is 0 Å². The third-order valence-electron chi connectivity index (χ3n) is 12.1. The van der Waals surface area contributed by atoms with Crippen molar-refractivity contribution < 1.29 is 77.6 Å². The number of thiol groups is 1. The third-order valence-corrected chi connectivity index (χ3v) is 12.5. The maximum Gasteiger partial charge on any atom is 0.326 e. The lowest BCUT2D eigenvalue weighted by Gasteiger charge is -2.29. The minimum absolute atomic E-state index is 0.0215. The van der Waals surface area contributed by atoms with Crippen molar-refractivity contribution in [3.05, 3.63) is 29.8 Å². The second-order valence-corrected chi connectivity index (χ2v) is 20.9. The molecule has 0 saturated carbocycles. The Hall–Kier alpha value is -7.60. The predicted molar refractivity (Wildman–Crippen MR) is 295 cm³/mol. The van der Waals surface area contributed by atoms with E-state index in [1.165, 1.54) is 24.3 Å². The number of rotatable bonds is 39. The van der Waals surface area contributed by atoms with Gasteiger partial charge in [-0.15, -0.1) is 0 Å². The highest BCUT2D eigenvalue weighted by atomic mass is 32.1. The van der Waals surface area contributed by atoms with Crippen LogP contribution in [0, 0.1) is 17.8 Å². The smallest absolute Gasteiger partial charge is 0.326 e. The van der Waals surface area contributed by atoms with Gasteiger partial charge in [-0.1, -0.05) is 53.7 Å². The summed E-state index contributed by atoms with van der Waals surface area (Å²) in [6.07, 6.45) is -1.89. The fraction of sp³-hybridized carbons (Fsp3) is 0.627. The van der Waals surface area contributed by atoms with E-state index in [-0.39, 0.29) is 68.4 Å². The predicted octanol–water partition coefficient (Wildman–Crippen LogP) is -3.85. The van der Waals surface area contributed by atoms with Crippen molar-refractivity contribution >= 4 is 89.5 Å². The van der Waals surface area contributed by atoms with Crippen molar-refractivity contribution in [2.45, 2.75) is 167 Å². The van der Waals surface area contributed by atoms with Crippen LogP contribution in [0.5, 0.6) is 5.75 Å². The average molecular weight is 1170 g/mol. The number of hydrogen-bond acceptors (Lipinski definition) is 17. The Morgan fingerprint density at radius 3 is 1.51 bits per heavy atom. The number of nitrogens with one attached hydrogen (secondary N) is 9. The number of carbonyl (C=O) groups is 13. The van der Waals surface area contributed by atoms with Crippen LogP contribution in [0.4, 0.5) is 0 Å². The molecule has 0 aliphatic carbocycles. The summed E-state index contributed by atoms with van der Waals surface area (Å²) in [6.45, 7) is 9.59. The molecule has 0 heterocycles. The van der Waals surface area contributed by atoms with E-state index in [9.17, 15) is 77.6 Å². The van der Waals surface area contributed by atoms with Crippen LogP contribution >= 0.6 is 12.6 Å². The van der Waals surface area contributed by atoms with Gasteiger partial charge in [0.15, 0.2) is 0 Å². The van der Waals surface area contributed by atoms with Crippen LogP contribution in [-0.2, 0) is 68.7 Å². The molecule has 20 N–H and O–H groups in total. The summed E-state index contributed by atoms with van der Waals surface area (Å²) in [5, 5.41) is 51.4. The first-order valence-corrected chi connectivity index (χ1v) is 27.1. The van der Waals surface area contributed by atoms with Gasteiger partial charge in [0.05, 0.1) is 19.0 Å². The monoisotopic (exact) mass is 1170 g/mol. The molecule has 454 valence electrons. The number of benzene rings is 1. The second-order valence-electron chi connectivity index (χ2n) is 20.6. The zero-order valence-corrected chi connectivity index (χ0v) is 47.4. The number of carbonyl (C=O) groups excluding carboxylic acids is 11. The van der Waals surface area contributed by atoms with Crippen LogP contribution in [0.15, 0.2) is 24.3 Å². The highest BCUT2D eigenvalue weighted by Crippen LogP contribution is 2.15. The summed E-state index contributed by atoms with van der Waals surface area (Å²) >= 11 is 4.18. The van der Waals surface area contributed by atoms with Gasteiger partial charge in [0.2, 0.25) is 65.0 Å². The molecule has 30 heteroatoms. The largest absolute Gasteiger partial charge is 0.508 e. The van der Waals surface area contributed by atoms with Gasteiger partial charge in [-0.2, -0.15) is 12.6 Å². The topological polar surface area (TPSA) is 495 Å². The molecule has 81 heavy (non-hydrogen) atoms. The second kappa shape index (κ2) is 36.6. The number of phenolic OH excluding ortho intramolecular Hbond substituents is 1. The summed E-state index contributed by atoms with van der Waals surface area (Å²) in [7, 11) is 0. The van der Waals surface area contributed by atoms with Crippen molar-refractivity contribution in [3.63, 3.8) is 0 Å². The van der Waals surface area contributed by atoms with E-state index in [0.29, 0.717) is 18.4 Å². The quantitative estimate of drug-likeness (QED) is 0.0222. The van der Waals surface area contributed by atoms with Gasteiger partial charge < -0.3 is 86.1 Å². The molecule has 11 amide bonds. The molecule has 0 radical (unpaired) electrons. The van der Waals surface area contributed by atoms with Crippen molar-refractivity contribution in [3.8, 4) is 5.75 Å². The molecule has 0 unspecified atom stereocenters. The van der Waals surface area contributed by atoms with Crippen LogP contribution in [0.2, 0.25) is 0 Å². The molecule has 0 fully saturated rings. The van der Waals surface area contributed by atoms with E-state index in [1.807, 2.05) is 0 Å². The molecule has 1 rings (SSSR count). The van der Waals surface area contributed by atoms with Gasteiger partial charge >= 0.3 is 11.9 Å². The summed E-state index contributed by atoms with van der Waals surface area (Å²) in [4.78, 5) is 170. The normalized spacial score (nSPS) is 14.5. The number of aliphatic carboxylic acids is 2. The Morgan fingerprint density at radius 2 is 0.988 bits per heavy atom. The molecule has 0 spiro atoms. The first-order chi connectivity index (χ1) is 37.9. The SMILES string of the molecule is CC(C)C[C@H](NC(=O)[C@H](CS)NC(=O)[C@H](CCCCN)NC(=O)[C@@H](NC(=O)[C@H](CC(C)C)NC(=O)[C@H](CC(=O)O)NC(=O)[C@H](Cc1ccc(O)cc1)NC(=O)[C@H](CCC(N)=O)NC(=O)CNC(=O)[C@@H](N)CCC(N)=O)C(C)C)C(=O)O. The van der Waals surface area contributed by atoms with Gasteiger partial charge in [-0.3, -0.25) is 57.5 Å². The van der Waals surface area contributed by atoms with Crippen LogP contribution in [0.3, 0.4) is 0 Å². The molecule has 0 aromatic heterocycles. The van der Waals surface area contributed by atoms with Gasteiger partial charge in [-0.05, 0) is 86.9 Å². The molecule has 1 aromatic carbocycles. The minimum Gasteiger partial charge on any atom is -0.508 e. The number of hydrogen-bond donors (Lipinski definition) is 17. The molecular formula is C51H83N13O16S. The van der Waals surface area contributed by atoms with Crippen LogP contribution in [0.25, 0.3) is 0 Å². The minimum atomic E-state index is -1.94. The summed E-state index contributed by atoms with van der Waals surface area (Å²) < 4.78 is 0. The van der Waals surface area contributed by atoms with Crippen LogP contribution in [-0.4, -0.2) is 165 Å². The fourth-order valence-corrected chi connectivity index (χ4v) is 8.01. The highest BCUT2D eigenvalue weighted by molar-refractivity contribution is 7.80. The number of nitrogens with two attached hydrogens (primary N) is 4. The van der Waals surface area contributed by atoms with Gasteiger partial charge in [0.1, 0.15) is 54.1 Å². The highest BCUT2D eigenvalue weighted by Gasteiger charge is 2.36. The number of aromatic hydroxyl groups is 1. The number of unbranched alkanes of at least 4 members (excludes halogenated alkanes) is 1. The van der Waals surface area contributed by atoms with E-state index in [4.69, 9.17) is 22.9 Å². The van der Waals surface area contributed by atoms with E-state index in [0.717, 1.165) is 0 Å². The number of primary amides is 2. The van der Waals surface area contributed by atoms with Crippen molar-refractivity contribution in [1.29, 1.82) is 0 Å². The van der Waals surface area contributed by atoms with E-state index in [1.54, 1.807) is 41.5 Å². The standard InChI is InChI=1S/C51H83N13O16S/c1-25(2)19-33(48(76)64-42(27(5)6)50(78)58-31(9-7-8-18-52)44(72)63-37(24-81)49(77)62-36(51(79)80)20-26(3)4)59-47(75)35(22-41(69)70)61-46(74)34(21-28-10-12-29(65)13-11-28)60-45(73)32(15-17-39(55)67)57-40(68)23-56-43(71)30(53)14-16-38(54)66/h10-13,25-27,30-37,42,65,81H,7-9,14-24,52-53H2,1-6H3,(H2,54,66)(H2,55,67)(H,56,71)(H,57,68)(H,58,78)(H,59,75)(H,60,73)(H,61,74)(H,62,77)(H,63,72)(H,64,76)(H,69,70)(H,79,80)/t30-,31-,32-,33-,34-,35-,36-,37-,42-/m0/s1. The molecule has 0 saturated heterocycles. The first-order valence-electron chi connectivity index (χ1n) is 26.4. The summed E-state index contributed by atoms with van der Waals surface area (Å²) in [5.41, 5.74) is 22.2. The third kappa shape index (κ3) is 28.4. The van der Waals surface area contributed by atoms with E-state index in [2.05, 4.69) is 60.5 Å². The van der Waals surface area contributed by atoms with E-state index < -0.39 is 163 Å². The average Bonchev–Trinajstić information content (AvgIpc) is 3.37. The van der Waals surface area contributed by atoms with Gasteiger partial charge in [-0.25, -0.2) is 4.79 Å². The maximum atomic E-state index is 14.2. The molecular weight excluding hydrogens is 1080 g/mol. The lowest BCUT2D eigenvalue weighted by atomic mass is 9.98. The Kier molecular flexibility index (Phi) is 32.3. The zero-order chi connectivity index (χ0) is 61.7. The molecule has 0 aliphatic rings. The van der Waals surface area contributed by atoms with Gasteiger partial charge in [0, 0.05) is 25.0 Å². The number of carboxylic acid groups (broad SMARTS) is 2. The van der Waals surface area contributed by atoms with Gasteiger partial charge in [0.25, 0.3) is 0 Å². The Bertz CT molecular complexity index is 2340. The molecule has 0 aliphatic heterocycles. The molecule has 9 atom stereocenters. The summed E-state index contributed by atoms with van der Waals surface area (Å²) in [5.74, 6) is -14.6. The lowest BCUT2D eigenvalue weighted by molar-refractivity contribution is -0.142. The summed E-state index contributed by atoms with van der Waals surface area (Å²) in [6, 6.07) is -7.88. The first kappa shape index (κ1) is 71.4. The maximum absolute atomic E-state index is 14.2. The van der Waals surface area contributed by atoms with Crippen molar-refractivity contribution in [2.75, 3.05) is 18.8 Å². The number of phenols is 1.